The SMILES string of the molecule is C[Si](C)(C)OCCCC1=Cc2ccccc2C1c1c2c(cc3c1[cH-]c1ccccc13)[Si]2(C)C.[Cl-].[Cl-].[Zr+3]. The van der Waals surface area contributed by atoms with Crippen LogP contribution < -0.4 is 35.2 Å². The van der Waals surface area contributed by atoms with Crippen molar-refractivity contribution in [1.29, 1.82) is 0 Å². The zero-order valence-corrected chi connectivity index (χ0v) is 27.7. The Morgan fingerprint density at radius 2 is 1.64 bits per heavy atom. The summed E-state index contributed by atoms with van der Waals surface area (Å²) in [4.78, 5) is 0. The van der Waals surface area contributed by atoms with Gasteiger partial charge >= 0.3 is 26.2 Å². The van der Waals surface area contributed by atoms with Crippen molar-refractivity contribution in [1.82, 2.24) is 0 Å². The van der Waals surface area contributed by atoms with Crippen LogP contribution >= 0.6 is 0 Å². The van der Waals surface area contributed by atoms with E-state index in [1.165, 1.54) is 32.7 Å². The molecule has 0 saturated carbocycles. The molecule has 1 atom stereocenters. The fourth-order valence-electron chi connectivity index (χ4n) is 6.04. The Kier molecular flexibility index (Phi) is 8.83. The van der Waals surface area contributed by atoms with Crippen LogP contribution in [0.1, 0.15) is 35.4 Å². The summed E-state index contributed by atoms with van der Waals surface area (Å²) in [5.41, 5.74) is 6.10. The maximum absolute atomic E-state index is 6.20. The van der Waals surface area contributed by atoms with Gasteiger partial charge in [-0.05, 0) is 43.6 Å². The number of hydrogen-bond donors (Lipinski definition) is 0. The third-order valence-electron chi connectivity index (χ3n) is 7.65. The van der Waals surface area contributed by atoms with E-state index in [0.29, 0.717) is 5.92 Å². The van der Waals surface area contributed by atoms with E-state index in [4.69, 9.17) is 4.43 Å². The zero-order valence-electron chi connectivity index (χ0n) is 21.7. The molecule has 185 valence electrons. The summed E-state index contributed by atoms with van der Waals surface area (Å²) >= 11 is 0. The maximum Gasteiger partial charge on any atom is 3.00 e. The van der Waals surface area contributed by atoms with E-state index in [1.54, 1.807) is 21.5 Å². The number of rotatable bonds is 6. The fourth-order valence-corrected chi connectivity index (χ4v) is 10.2. The van der Waals surface area contributed by atoms with Gasteiger partial charge in [-0.2, -0.15) is 0 Å². The third kappa shape index (κ3) is 4.95. The van der Waals surface area contributed by atoms with Crippen LogP contribution in [0.25, 0.3) is 27.6 Å². The first kappa shape index (κ1) is 29.7. The number of halogens is 2. The largest absolute Gasteiger partial charge is 3.00 e. The van der Waals surface area contributed by atoms with E-state index in [-0.39, 0.29) is 51.0 Å². The molecule has 1 heterocycles. The Balaban J connectivity index is 0.00000120. The molecule has 0 bridgehead atoms. The normalized spacial score (nSPS) is 16.9. The van der Waals surface area contributed by atoms with Gasteiger partial charge in [0.2, 0.25) is 0 Å². The van der Waals surface area contributed by atoms with E-state index < -0.39 is 16.4 Å². The first-order valence-corrected chi connectivity index (χ1v) is 18.8. The minimum absolute atomic E-state index is 0. The van der Waals surface area contributed by atoms with Crippen molar-refractivity contribution >= 4 is 54.4 Å². The number of benzene rings is 3. The van der Waals surface area contributed by atoms with Gasteiger partial charge in [-0.15, -0.1) is 33.7 Å². The van der Waals surface area contributed by atoms with E-state index >= 15 is 0 Å². The summed E-state index contributed by atoms with van der Waals surface area (Å²) in [6.07, 6.45) is 4.69. The van der Waals surface area contributed by atoms with Crippen LogP contribution in [0.15, 0.2) is 66.2 Å². The van der Waals surface area contributed by atoms with E-state index in [2.05, 4.69) is 99.5 Å². The van der Waals surface area contributed by atoms with Gasteiger partial charge in [0.15, 0.2) is 8.32 Å². The predicted molar refractivity (Wildman–Crippen MR) is 149 cm³/mol. The molecule has 1 aliphatic carbocycles. The van der Waals surface area contributed by atoms with Gasteiger partial charge in [0.25, 0.3) is 0 Å². The van der Waals surface area contributed by atoms with Gasteiger partial charge < -0.3 is 29.2 Å². The zero-order chi connectivity index (χ0) is 23.0. The molecule has 0 fully saturated rings. The summed E-state index contributed by atoms with van der Waals surface area (Å²) in [5, 5.41) is 9.12. The van der Waals surface area contributed by atoms with Crippen molar-refractivity contribution < 1.29 is 55.4 Å². The molecule has 0 spiro atoms. The molecule has 0 aromatic heterocycles. The van der Waals surface area contributed by atoms with Crippen molar-refractivity contribution in [3.05, 3.63) is 82.9 Å². The van der Waals surface area contributed by atoms with Crippen LogP contribution in [0.2, 0.25) is 32.7 Å². The third-order valence-corrected chi connectivity index (χ3v) is 12.0. The second-order valence-corrected chi connectivity index (χ2v) is 20.2. The van der Waals surface area contributed by atoms with Crippen LogP contribution in [-0.2, 0) is 30.6 Å². The van der Waals surface area contributed by atoms with Crippen molar-refractivity contribution in [2.24, 2.45) is 0 Å². The van der Waals surface area contributed by atoms with Crippen LogP contribution in [0, 0.1) is 0 Å². The quantitative estimate of drug-likeness (QED) is 0.176. The maximum atomic E-state index is 6.20. The first-order chi connectivity index (χ1) is 15.8. The Morgan fingerprint density at radius 1 is 0.944 bits per heavy atom. The van der Waals surface area contributed by atoms with E-state index in [0.717, 1.165) is 19.4 Å². The summed E-state index contributed by atoms with van der Waals surface area (Å²) in [6.45, 7) is 12.8. The van der Waals surface area contributed by atoms with E-state index in [9.17, 15) is 0 Å². The van der Waals surface area contributed by atoms with Crippen molar-refractivity contribution in [2.75, 3.05) is 6.61 Å². The molecule has 1 unspecified atom stereocenters. The van der Waals surface area contributed by atoms with Crippen molar-refractivity contribution in [3.63, 3.8) is 0 Å². The molecule has 0 saturated heterocycles. The molecule has 2 aliphatic rings. The Hall–Kier alpha value is -0.873. The van der Waals surface area contributed by atoms with Crippen LogP contribution in [0.4, 0.5) is 0 Å². The van der Waals surface area contributed by atoms with Gasteiger partial charge in [-0.1, -0.05) is 89.2 Å². The van der Waals surface area contributed by atoms with Gasteiger partial charge in [-0.25, -0.2) is 0 Å². The molecule has 0 amide bonds. The predicted octanol–water partition coefficient (Wildman–Crippen LogP) is 1.01. The molecule has 1 nitrogen and oxygen atoms in total. The monoisotopic (exact) mass is 625 g/mol. The fraction of sp³-hybridized carbons (Fsp3) is 0.300. The molecule has 6 heteroatoms. The average Bonchev–Trinajstić information content (AvgIpc) is 3.07. The van der Waals surface area contributed by atoms with Gasteiger partial charge in [-0.3, -0.25) is 0 Å². The Morgan fingerprint density at radius 3 is 2.39 bits per heavy atom. The standard InChI is InChI=1S/C30H33OSi2.2ClH.Zr/c1-32(2,3)31-16-10-13-22-17-20-11-7-9-15-24(20)28(22)29-26-18-21-12-6-8-14-23(21)25(26)19-27-30(29)33(27,4)5;;;/h6-9,11-12,14-15,17-19,28H,10,13,16H2,1-5H3;2*1H;/q-1;;;+3/p-2. The molecular formula is C30H33Cl2OSi2Zr. The molecule has 4 aromatic rings. The summed E-state index contributed by atoms with van der Waals surface area (Å²) in [7, 11) is -2.92. The van der Waals surface area contributed by atoms with Crippen molar-refractivity contribution in [3.8, 4) is 0 Å². The van der Waals surface area contributed by atoms with Gasteiger partial charge in [0, 0.05) is 12.5 Å². The van der Waals surface area contributed by atoms with Crippen LogP contribution in [0.5, 0.6) is 0 Å². The molecule has 1 aliphatic heterocycles. The second kappa shape index (κ2) is 10.7. The molecule has 6 rings (SSSR count). The summed E-state index contributed by atoms with van der Waals surface area (Å²) in [6, 6.07) is 23.0. The minimum atomic E-state index is -1.47. The topological polar surface area (TPSA) is 9.23 Å². The van der Waals surface area contributed by atoms with Crippen LogP contribution in [0.3, 0.4) is 0 Å². The molecular weight excluding hydrogens is 595 g/mol. The first-order valence-electron chi connectivity index (χ1n) is 12.3. The van der Waals surface area contributed by atoms with Crippen LogP contribution in [-0.4, -0.2) is 23.0 Å². The molecule has 0 N–H and O–H groups in total. The Labute approximate surface area is 249 Å². The number of fused-ring (bicyclic) bond motifs is 5. The minimum Gasteiger partial charge on any atom is -1.00 e. The molecule has 1 radical (unpaired) electrons. The average molecular weight is 628 g/mol. The summed E-state index contributed by atoms with van der Waals surface area (Å²) in [5.74, 6) is 0.386. The van der Waals surface area contributed by atoms with Gasteiger partial charge in [0.1, 0.15) is 8.07 Å². The number of allylic oxidation sites excluding steroid dienone is 1. The summed E-state index contributed by atoms with van der Waals surface area (Å²) < 4.78 is 6.20. The molecule has 4 aromatic carbocycles. The second-order valence-electron chi connectivity index (χ2n) is 11.4. The number of hydrogen-bond acceptors (Lipinski definition) is 1. The van der Waals surface area contributed by atoms with E-state index in [1.807, 2.05) is 0 Å². The van der Waals surface area contributed by atoms with Gasteiger partial charge in [0.05, 0.1) is 0 Å². The smallest absolute Gasteiger partial charge is 1.00 e. The Bertz CT molecular complexity index is 1450. The molecule has 36 heavy (non-hydrogen) atoms. The van der Waals surface area contributed by atoms with Crippen molar-refractivity contribution in [2.45, 2.75) is 51.5 Å².